The first kappa shape index (κ1) is 17.2. The van der Waals surface area contributed by atoms with Crippen LogP contribution in [0.2, 0.25) is 0 Å². The minimum atomic E-state index is -3.69. The van der Waals surface area contributed by atoms with Crippen LogP contribution in [0.3, 0.4) is 0 Å². The van der Waals surface area contributed by atoms with Crippen LogP contribution in [-0.2, 0) is 27.8 Å². The third-order valence-corrected chi connectivity index (χ3v) is 6.50. The Morgan fingerprint density at radius 1 is 1.35 bits per heavy atom. The van der Waals surface area contributed by atoms with Crippen LogP contribution in [0.15, 0.2) is 29.4 Å². The smallest absolute Gasteiger partial charge is 0.241 e. The monoisotopic (exact) mass is 375 g/mol. The van der Waals surface area contributed by atoms with E-state index in [4.69, 9.17) is 0 Å². The molecule has 1 aromatic heterocycles. The van der Waals surface area contributed by atoms with Gasteiger partial charge in [0.2, 0.25) is 15.9 Å². The van der Waals surface area contributed by atoms with Gasteiger partial charge in [-0.05, 0) is 49.9 Å². The molecule has 0 bridgehead atoms. The first-order valence-electron chi connectivity index (χ1n) is 8.69. The molecule has 0 aliphatic carbocycles. The normalized spacial score (nSPS) is 22.2. The summed E-state index contributed by atoms with van der Waals surface area (Å²) < 4.78 is 30.3. The van der Waals surface area contributed by atoms with Crippen molar-refractivity contribution < 1.29 is 13.2 Å². The predicted octanol–water partition coefficient (Wildman–Crippen LogP) is 1.39. The summed E-state index contributed by atoms with van der Waals surface area (Å²) in [7, 11) is -3.69. The second kappa shape index (κ2) is 6.17. The lowest BCUT2D eigenvalue weighted by atomic mass is 10.1. The van der Waals surface area contributed by atoms with Crippen molar-refractivity contribution in [3.8, 4) is 0 Å². The summed E-state index contributed by atoms with van der Waals surface area (Å²) in [6, 6.07) is 4.60. The molecule has 2 atom stereocenters. The van der Waals surface area contributed by atoms with Crippen LogP contribution < -0.4 is 9.62 Å². The van der Waals surface area contributed by atoms with Crippen molar-refractivity contribution in [1.29, 1.82) is 0 Å². The number of hydrogen-bond acceptors (Lipinski definition) is 5. The Bertz CT molecular complexity index is 969. The zero-order valence-corrected chi connectivity index (χ0v) is 15.5. The molecule has 2 aliphatic heterocycles. The Hall–Kier alpha value is -2.26. The average Bonchev–Trinajstić information content (AvgIpc) is 3.17. The molecule has 1 aromatic carbocycles. The van der Waals surface area contributed by atoms with E-state index >= 15 is 0 Å². The molecule has 0 saturated carbocycles. The lowest BCUT2D eigenvalue weighted by Gasteiger charge is -2.23. The van der Waals surface area contributed by atoms with Crippen LogP contribution in [0, 0.1) is 0 Å². The van der Waals surface area contributed by atoms with E-state index < -0.39 is 10.0 Å². The van der Waals surface area contributed by atoms with E-state index in [1.807, 2.05) is 6.92 Å². The van der Waals surface area contributed by atoms with Gasteiger partial charge in [-0.25, -0.2) is 22.8 Å². The quantitative estimate of drug-likeness (QED) is 0.874. The van der Waals surface area contributed by atoms with Crippen molar-refractivity contribution in [2.24, 2.45) is 0 Å². The van der Waals surface area contributed by atoms with Gasteiger partial charge in [0.1, 0.15) is 12.2 Å². The van der Waals surface area contributed by atoms with E-state index in [9.17, 15) is 13.2 Å². The highest BCUT2D eigenvalue weighted by molar-refractivity contribution is 7.89. The number of fused-ring (bicyclic) bond motifs is 2. The zero-order chi connectivity index (χ0) is 18.5. The highest BCUT2D eigenvalue weighted by Gasteiger charge is 2.32. The Balaban J connectivity index is 1.63. The minimum Gasteiger partial charge on any atom is -0.309 e. The summed E-state index contributed by atoms with van der Waals surface area (Å²) in [5.41, 5.74) is 1.67. The molecule has 138 valence electrons. The molecule has 1 amide bonds. The maximum absolute atomic E-state index is 12.9. The van der Waals surface area contributed by atoms with Gasteiger partial charge in [0.05, 0.1) is 10.9 Å². The lowest BCUT2D eigenvalue weighted by molar-refractivity contribution is -0.116. The first-order chi connectivity index (χ1) is 12.4. The number of carbonyl (C=O) groups is 1. The number of nitrogens with one attached hydrogen (secondary N) is 1. The summed E-state index contributed by atoms with van der Waals surface area (Å²) in [6.45, 7) is 4.24. The molecular weight excluding hydrogens is 354 g/mol. The van der Waals surface area contributed by atoms with Crippen molar-refractivity contribution in [2.45, 2.75) is 56.6 Å². The third-order valence-electron chi connectivity index (χ3n) is 5.03. The topological polar surface area (TPSA) is 97.2 Å². The number of benzene rings is 1. The number of carbonyl (C=O) groups excluding carboxylic acids is 1. The second-order valence-electron chi connectivity index (χ2n) is 6.89. The Morgan fingerprint density at radius 3 is 2.92 bits per heavy atom. The van der Waals surface area contributed by atoms with Crippen molar-refractivity contribution in [1.82, 2.24) is 19.5 Å². The van der Waals surface area contributed by atoms with Crippen molar-refractivity contribution in [3.05, 3.63) is 35.9 Å². The van der Waals surface area contributed by atoms with Gasteiger partial charge in [0, 0.05) is 25.2 Å². The molecule has 2 aromatic rings. The van der Waals surface area contributed by atoms with Crippen LogP contribution in [0.5, 0.6) is 0 Å². The Labute approximate surface area is 152 Å². The average molecular weight is 375 g/mol. The fourth-order valence-corrected chi connectivity index (χ4v) is 5.19. The van der Waals surface area contributed by atoms with Gasteiger partial charge in [-0.3, -0.25) is 4.79 Å². The van der Waals surface area contributed by atoms with Crippen molar-refractivity contribution >= 4 is 21.6 Å². The zero-order valence-electron chi connectivity index (χ0n) is 14.7. The Kier molecular flexibility index (Phi) is 4.07. The summed E-state index contributed by atoms with van der Waals surface area (Å²) in [5, 5.41) is 4.12. The number of hydrogen-bond donors (Lipinski definition) is 1. The van der Waals surface area contributed by atoms with Crippen LogP contribution in [0.25, 0.3) is 0 Å². The molecule has 8 nitrogen and oxygen atoms in total. The molecule has 0 unspecified atom stereocenters. The fourth-order valence-electron chi connectivity index (χ4n) is 3.91. The fraction of sp³-hybridized carbons (Fsp3) is 0.471. The minimum absolute atomic E-state index is 0.0327. The number of amides is 1. The predicted molar refractivity (Wildman–Crippen MR) is 95.1 cm³/mol. The first-order valence-corrected chi connectivity index (χ1v) is 10.2. The van der Waals surface area contributed by atoms with Gasteiger partial charge in [-0.2, -0.15) is 5.10 Å². The number of nitrogens with zero attached hydrogens (tertiary/aromatic N) is 4. The molecule has 9 heteroatoms. The van der Waals surface area contributed by atoms with Crippen LogP contribution in [0.4, 0.5) is 5.69 Å². The summed E-state index contributed by atoms with van der Waals surface area (Å²) >= 11 is 0. The summed E-state index contributed by atoms with van der Waals surface area (Å²) in [4.78, 5) is 18.0. The number of rotatable bonds is 3. The SMILES string of the molecule is CC(=O)N1c2ccc(S(=O)(=O)N[C@@H]3CCCn4ncnc43)cc2C[C@H]1C. The van der Waals surface area contributed by atoms with E-state index in [0.29, 0.717) is 18.7 Å². The number of anilines is 1. The molecule has 2 aliphatic rings. The van der Waals surface area contributed by atoms with Crippen molar-refractivity contribution in [3.63, 3.8) is 0 Å². The van der Waals surface area contributed by atoms with E-state index in [-0.39, 0.29) is 22.9 Å². The number of sulfonamides is 1. The molecule has 4 rings (SSSR count). The molecule has 0 fully saturated rings. The highest BCUT2D eigenvalue weighted by Crippen LogP contribution is 2.34. The molecule has 26 heavy (non-hydrogen) atoms. The van der Waals surface area contributed by atoms with Crippen LogP contribution >= 0.6 is 0 Å². The van der Waals surface area contributed by atoms with Gasteiger partial charge in [-0.15, -0.1) is 0 Å². The molecule has 3 heterocycles. The van der Waals surface area contributed by atoms with Gasteiger partial charge in [-0.1, -0.05) is 0 Å². The lowest BCUT2D eigenvalue weighted by Crippen LogP contribution is -2.33. The van der Waals surface area contributed by atoms with Crippen molar-refractivity contribution in [2.75, 3.05) is 4.90 Å². The second-order valence-corrected chi connectivity index (χ2v) is 8.60. The third kappa shape index (κ3) is 2.80. The molecule has 0 saturated heterocycles. The summed E-state index contributed by atoms with van der Waals surface area (Å²) in [5.74, 6) is 0.615. The Morgan fingerprint density at radius 2 is 2.15 bits per heavy atom. The van der Waals surface area contributed by atoms with Gasteiger partial charge in [0.25, 0.3) is 0 Å². The van der Waals surface area contributed by atoms with Gasteiger partial charge < -0.3 is 4.90 Å². The largest absolute Gasteiger partial charge is 0.309 e. The van der Waals surface area contributed by atoms with E-state index in [1.165, 1.54) is 13.3 Å². The maximum atomic E-state index is 12.9. The summed E-state index contributed by atoms with van der Waals surface area (Å²) in [6.07, 6.45) is 3.64. The van der Waals surface area contributed by atoms with E-state index in [2.05, 4.69) is 14.8 Å². The maximum Gasteiger partial charge on any atom is 0.241 e. The highest BCUT2D eigenvalue weighted by atomic mass is 32.2. The molecule has 1 N–H and O–H groups in total. The number of aryl methyl sites for hydroxylation is 1. The van der Waals surface area contributed by atoms with E-state index in [1.54, 1.807) is 27.8 Å². The van der Waals surface area contributed by atoms with Crippen LogP contribution in [0.1, 0.15) is 44.1 Å². The van der Waals surface area contributed by atoms with Crippen LogP contribution in [-0.4, -0.2) is 35.1 Å². The van der Waals surface area contributed by atoms with E-state index in [0.717, 1.165) is 24.2 Å². The molecule has 0 spiro atoms. The van der Waals surface area contributed by atoms with Gasteiger partial charge in [0.15, 0.2) is 0 Å². The molecule has 0 radical (unpaired) electrons. The van der Waals surface area contributed by atoms with Gasteiger partial charge >= 0.3 is 0 Å². The standard InChI is InChI=1S/C17H21N5O3S/c1-11-8-13-9-14(5-6-16(13)22(11)12(2)23)26(24,25)20-15-4-3-7-21-17(15)18-10-19-21/h5-6,9-11,15,20H,3-4,7-8H2,1-2H3/t11-,15-/m1/s1. The molecular formula is C17H21N5O3S. The number of aromatic nitrogens is 3.